The quantitative estimate of drug-likeness (QED) is 0.516. The van der Waals surface area contributed by atoms with Gasteiger partial charge in [-0.25, -0.2) is 0 Å². The average Bonchev–Trinajstić information content (AvgIpc) is 3.50. The minimum absolute atomic E-state index is 0.0143. The van der Waals surface area contributed by atoms with Crippen LogP contribution in [0.5, 0.6) is 0 Å². The number of allylic oxidation sites excluding steroid dienone is 1. The molecule has 9 heteroatoms. The van der Waals surface area contributed by atoms with E-state index < -0.39 is 0 Å². The van der Waals surface area contributed by atoms with Crippen molar-refractivity contribution in [3.8, 4) is 0 Å². The molecule has 5 aliphatic carbocycles. The van der Waals surface area contributed by atoms with Crippen LogP contribution in [0.25, 0.3) is 0 Å². The maximum atomic E-state index is 13.7. The molecule has 1 heterocycles. The van der Waals surface area contributed by atoms with Gasteiger partial charge in [-0.1, -0.05) is 19.9 Å². The van der Waals surface area contributed by atoms with Crippen LogP contribution in [0, 0.1) is 39.9 Å². The molecule has 0 aromatic carbocycles. The number of rotatable bonds is 3. The van der Waals surface area contributed by atoms with Crippen LogP contribution >= 0.6 is 0 Å². The first-order valence-electron chi connectivity index (χ1n) is 16.6. The molecule has 0 radical (unpaired) electrons. The lowest BCUT2D eigenvalue weighted by Gasteiger charge is -2.59. The van der Waals surface area contributed by atoms with Gasteiger partial charge in [-0.2, -0.15) is 0 Å². The standard InChI is InChI=1S/C33H53NO8/c1-31-7-6-27-25(19-29(35)33-20-23(33)5-8-32(27,33)2)26(31)3-4-28(31)30(36)34-21-24-22-41-16-15-39-12-11-37-9-10-38-13-14-40-17-18-42-24/h4,23-27,29,35H,3,5-22H2,1-2H3,(H,34,36)/t23-,24?,25+,26+,27+,29+,31+,32-,33-/m1/s1. The third-order valence-electron chi connectivity index (χ3n) is 12.3. The van der Waals surface area contributed by atoms with Gasteiger partial charge in [-0.3, -0.25) is 4.79 Å². The third kappa shape index (κ3) is 5.72. The summed E-state index contributed by atoms with van der Waals surface area (Å²) in [7, 11) is 0. The smallest absolute Gasteiger partial charge is 0.247 e. The van der Waals surface area contributed by atoms with E-state index in [1.54, 1.807) is 0 Å². The first kappa shape index (κ1) is 30.9. The van der Waals surface area contributed by atoms with Gasteiger partial charge in [-0.15, -0.1) is 0 Å². The molecule has 6 aliphatic rings. The number of carbonyl (C=O) groups excluding carboxylic acids is 1. The highest BCUT2D eigenvalue weighted by Gasteiger charge is 2.77. The van der Waals surface area contributed by atoms with E-state index >= 15 is 0 Å². The molecule has 1 unspecified atom stereocenters. The SMILES string of the molecule is C[C@]12CC[C@H]3[C@@H](C[C@H](O)[C@@]45C[C@H]4CC[C@]35C)[C@@H]1CC=C2C(=O)NCC1COCCOCCOCCOCCOCCO1. The molecule has 1 saturated heterocycles. The molecule has 9 atom stereocenters. The molecule has 2 N–H and O–H groups in total. The molecule has 1 spiro atoms. The minimum Gasteiger partial charge on any atom is -0.393 e. The zero-order valence-corrected chi connectivity index (χ0v) is 25.8. The molecule has 238 valence electrons. The van der Waals surface area contributed by atoms with Crippen molar-refractivity contribution < 1.29 is 38.3 Å². The highest BCUT2D eigenvalue weighted by atomic mass is 16.6. The summed E-state index contributed by atoms with van der Waals surface area (Å²) in [6.07, 6.45) is 9.61. The van der Waals surface area contributed by atoms with Crippen LogP contribution in [0.15, 0.2) is 11.6 Å². The van der Waals surface area contributed by atoms with Crippen molar-refractivity contribution in [1.82, 2.24) is 5.32 Å². The third-order valence-corrected chi connectivity index (χ3v) is 12.3. The first-order valence-corrected chi connectivity index (χ1v) is 16.6. The Bertz CT molecular complexity index is 958. The van der Waals surface area contributed by atoms with Crippen molar-refractivity contribution >= 4 is 5.91 Å². The van der Waals surface area contributed by atoms with Crippen LogP contribution in [0.1, 0.15) is 58.8 Å². The number of amides is 1. The second kappa shape index (κ2) is 13.1. The van der Waals surface area contributed by atoms with E-state index in [1.165, 1.54) is 25.7 Å². The van der Waals surface area contributed by atoms with Crippen LogP contribution < -0.4 is 5.32 Å². The Morgan fingerprint density at radius 1 is 0.881 bits per heavy atom. The lowest BCUT2D eigenvalue weighted by atomic mass is 9.45. The second-order valence-electron chi connectivity index (χ2n) is 14.1. The molecular weight excluding hydrogens is 538 g/mol. The topological polar surface area (TPSA) is 105 Å². The van der Waals surface area contributed by atoms with E-state index in [9.17, 15) is 9.90 Å². The predicted octanol–water partition coefficient (Wildman–Crippen LogP) is 3.13. The van der Waals surface area contributed by atoms with Gasteiger partial charge in [0.2, 0.25) is 5.91 Å². The van der Waals surface area contributed by atoms with E-state index in [0.29, 0.717) is 97.0 Å². The normalized spacial score (nSPS) is 45.3. The van der Waals surface area contributed by atoms with Crippen LogP contribution in [-0.2, 0) is 33.2 Å². The minimum atomic E-state index is -0.282. The summed E-state index contributed by atoms with van der Waals surface area (Å²) in [6.45, 7) is 10.5. The number of hydrogen-bond acceptors (Lipinski definition) is 8. The van der Waals surface area contributed by atoms with E-state index in [0.717, 1.165) is 30.8 Å². The summed E-state index contributed by atoms with van der Waals surface area (Å²) in [5, 5.41) is 14.6. The van der Waals surface area contributed by atoms with Gasteiger partial charge in [0.05, 0.1) is 84.9 Å². The molecular formula is C33H53NO8. The van der Waals surface area contributed by atoms with Crippen molar-refractivity contribution in [3.63, 3.8) is 0 Å². The number of fused-ring (bicyclic) bond motifs is 4. The van der Waals surface area contributed by atoms with E-state index in [1.807, 2.05) is 0 Å². The van der Waals surface area contributed by atoms with Crippen LogP contribution in [0.3, 0.4) is 0 Å². The van der Waals surface area contributed by atoms with Gasteiger partial charge in [0.15, 0.2) is 0 Å². The fourth-order valence-corrected chi connectivity index (χ4v) is 10.1. The lowest BCUT2D eigenvalue weighted by molar-refractivity contribution is -0.144. The van der Waals surface area contributed by atoms with Gasteiger partial charge in [0.25, 0.3) is 0 Å². The van der Waals surface area contributed by atoms with Gasteiger partial charge in [0, 0.05) is 22.9 Å². The Balaban J connectivity index is 1.02. The van der Waals surface area contributed by atoms with E-state index in [-0.39, 0.29) is 34.4 Å². The zero-order valence-electron chi connectivity index (χ0n) is 25.8. The molecule has 4 saturated carbocycles. The lowest BCUT2D eigenvalue weighted by Crippen LogP contribution is -2.56. The maximum absolute atomic E-state index is 13.7. The molecule has 1 amide bonds. The average molecular weight is 592 g/mol. The number of nitrogens with one attached hydrogen (secondary N) is 1. The maximum Gasteiger partial charge on any atom is 0.247 e. The summed E-state index contributed by atoms with van der Waals surface area (Å²) in [6, 6.07) is 0. The Hall–Kier alpha value is -1.07. The molecule has 0 aromatic heterocycles. The number of hydrogen-bond donors (Lipinski definition) is 2. The Kier molecular flexibility index (Phi) is 9.66. The number of carbonyl (C=O) groups is 1. The fraction of sp³-hybridized carbons (Fsp3) is 0.909. The van der Waals surface area contributed by atoms with Gasteiger partial charge < -0.3 is 38.8 Å². The molecule has 1 aliphatic heterocycles. The van der Waals surface area contributed by atoms with Crippen LogP contribution in [-0.4, -0.2) is 102 Å². The molecule has 6 rings (SSSR count). The van der Waals surface area contributed by atoms with Crippen molar-refractivity contribution in [2.45, 2.75) is 71.0 Å². The van der Waals surface area contributed by atoms with Crippen molar-refractivity contribution in [3.05, 3.63) is 11.6 Å². The molecule has 0 aromatic rings. The second-order valence-corrected chi connectivity index (χ2v) is 14.1. The first-order chi connectivity index (χ1) is 20.4. The summed E-state index contributed by atoms with van der Waals surface area (Å²) in [5.41, 5.74) is 1.25. The van der Waals surface area contributed by atoms with Crippen LogP contribution in [0.4, 0.5) is 0 Å². The van der Waals surface area contributed by atoms with Crippen molar-refractivity contribution in [2.75, 3.05) is 79.2 Å². The molecule has 0 bridgehead atoms. The summed E-state index contributed by atoms with van der Waals surface area (Å²) >= 11 is 0. The van der Waals surface area contributed by atoms with Gasteiger partial charge in [-0.05, 0) is 74.0 Å². The summed E-state index contributed by atoms with van der Waals surface area (Å²) < 4.78 is 34.1. The summed E-state index contributed by atoms with van der Waals surface area (Å²) in [5.74, 6) is 2.36. The number of aliphatic hydroxyl groups excluding tert-OH is 1. The summed E-state index contributed by atoms with van der Waals surface area (Å²) in [4.78, 5) is 13.7. The van der Waals surface area contributed by atoms with Crippen molar-refractivity contribution in [1.29, 1.82) is 0 Å². The largest absolute Gasteiger partial charge is 0.393 e. The zero-order chi connectivity index (χ0) is 29.2. The molecule has 5 fully saturated rings. The molecule has 42 heavy (non-hydrogen) atoms. The predicted molar refractivity (Wildman–Crippen MR) is 156 cm³/mol. The number of aliphatic hydroxyl groups is 1. The molecule has 9 nitrogen and oxygen atoms in total. The fourth-order valence-electron chi connectivity index (χ4n) is 10.1. The number of ether oxygens (including phenoxy) is 6. The highest BCUT2D eigenvalue weighted by Crippen LogP contribution is 2.81. The van der Waals surface area contributed by atoms with Crippen molar-refractivity contribution in [2.24, 2.45) is 39.9 Å². The van der Waals surface area contributed by atoms with Gasteiger partial charge in [0.1, 0.15) is 0 Å². The van der Waals surface area contributed by atoms with E-state index in [2.05, 4.69) is 25.2 Å². The Labute approximate surface area is 251 Å². The highest BCUT2D eigenvalue weighted by molar-refractivity contribution is 5.95. The van der Waals surface area contributed by atoms with E-state index in [4.69, 9.17) is 28.4 Å². The Morgan fingerprint density at radius 3 is 2.19 bits per heavy atom. The van der Waals surface area contributed by atoms with Gasteiger partial charge >= 0.3 is 0 Å². The Morgan fingerprint density at radius 2 is 1.52 bits per heavy atom. The monoisotopic (exact) mass is 591 g/mol. The van der Waals surface area contributed by atoms with Crippen LogP contribution in [0.2, 0.25) is 0 Å².